The summed E-state index contributed by atoms with van der Waals surface area (Å²) in [6.07, 6.45) is 6.53. The summed E-state index contributed by atoms with van der Waals surface area (Å²) in [5.41, 5.74) is -0.326. The van der Waals surface area contributed by atoms with Crippen LogP contribution in [0.2, 0.25) is 0 Å². The van der Waals surface area contributed by atoms with E-state index in [4.69, 9.17) is 4.74 Å². The molecule has 0 aromatic rings. The lowest BCUT2D eigenvalue weighted by atomic mass is 9.82. The molecule has 17 heavy (non-hydrogen) atoms. The number of hydrogen-bond donors (Lipinski definition) is 0. The van der Waals surface area contributed by atoms with E-state index in [0.717, 1.165) is 36.5 Å². The number of carbonyl (C=O) groups is 1. The van der Waals surface area contributed by atoms with Gasteiger partial charge in [-0.05, 0) is 76.5 Å². The van der Waals surface area contributed by atoms with Crippen LogP contribution < -0.4 is 0 Å². The van der Waals surface area contributed by atoms with Crippen molar-refractivity contribution in [2.75, 3.05) is 0 Å². The molecule has 2 heteroatoms. The van der Waals surface area contributed by atoms with Gasteiger partial charge in [0.1, 0.15) is 5.60 Å². The van der Waals surface area contributed by atoms with Crippen LogP contribution in [0.25, 0.3) is 0 Å². The number of carbonyl (C=O) groups excluding carboxylic acids is 1. The Morgan fingerprint density at radius 1 is 1.00 bits per heavy atom. The topological polar surface area (TPSA) is 26.3 Å². The maximum absolute atomic E-state index is 12.1. The van der Waals surface area contributed by atoms with Crippen LogP contribution >= 0.6 is 0 Å². The first-order valence-electron chi connectivity index (χ1n) is 7.17. The zero-order valence-electron chi connectivity index (χ0n) is 11.2. The molecule has 0 N–H and O–H groups in total. The minimum atomic E-state index is -0.326. The number of esters is 1. The predicted octanol–water partition coefficient (Wildman–Crippen LogP) is 3.40. The van der Waals surface area contributed by atoms with Gasteiger partial charge in [0, 0.05) is 0 Å². The highest BCUT2D eigenvalue weighted by molar-refractivity contribution is 5.73. The maximum atomic E-state index is 12.1. The van der Waals surface area contributed by atoms with Crippen molar-refractivity contribution in [1.82, 2.24) is 0 Å². The summed E-state index contributed by atoms with van der Waals surface area (Å²) in [6.45, 7) is 5.89. The minimum Gasteiger partial charge on any atom is -0.460 e. The van der Waals surface area contributed by atoms with E-state index in [1.165, 1.54) is 19.3 Å². The molecule has 0 saturated heterocycles. The van der Waals surface area contributed by atoms with Crippen LogP contribution in [0.15, 0.2) is 0 Å². The van der Waals surface area contributed by atoms with Gasteiger partial charge in [-0.3, -0.25) is 4.79 Å². The molecule has 3 saturated carbocycles. The number of hydrogen-bond acceptors (Lipinski definition) is 2. The SMILES string of the molecule is CC(C)(C)OC(=O)C1CC2C3CCC(C3)C2C1. The first-order chi connectivity index (χ1) is 7.94. The summed E-state index contributed by atoms with van der Waals surface area (Å²) in [6, 6.07) is 0. The number of rotatable bonds is 1. The fraction of sp³-hybridized carbons (Fsp3) is 0.933. The van der Waals surface area contributed by atoms with Gasteiger partial charge in [0.25, 0.3) is 0 Å². The summed E-state index contributed by atoms with van der Waals surface area (Å²) >= 11 is 0. The number of fused-ring (bicyclic) bond motifs is 5. The van der Waals surface area contributed by atoms with E-state index in [2.05, 4.69) is 0 Å². The molecule has 4 atom stereocenters. The smallest absolute Gasteiger partial charge is 0.309 e. The van der Waals surface area contributed by atoms with Gasteiger partial charge in [0.15, 0.2) is 0 Å². The average molecular weight is 236 g/mol. The van der Waals surface area contributed by atoms with Crippen LogP contribution in [0.3, 0.4) is 0 Å². The van der Waals surface area contributed by atoms with Crippen molar-refractivity contribution in [3.8, 4) is 0 Å². The molecule has 2 nitrogen and oxygen atoms in total. The molecule has 0 aromatic carbocycles. The van der Waals surface area contributed by atoms with Crippen LogP contribution in [0, 0.1) is 29.6 Å². The highest BCUT2D eigenvalue weighted by atomic mass is 16.6. The zero-order valence-corrected chi connectivity index (χ0v) is 11.2. The van der Waals surface area contributed by atoms with E-state index in [1.54, 1.807) is 0 Å². The van der Waals surface area contributed by atoms with Crippen molar-refractivity contribution < 1.29 is 9.53 Å². The molecule has 0 spiro atoms. The largest absolute Gasteiger partial charge is 0.460 e. The van der Waals surface area contributed by atoms with Crippen LogP contribution in [0.1, 0.15) is 52.9 Å². The van der Waals surface area contributed by atoms with Crippen molar-refractivity contribution in [1.29, 1.82) is 0 Å². The average Bonchev–Trinajstić information content (AvgIpc) is 2.87. The van der Waals surface area contributed by atoms with Crippen molar-refractivity contribution in [2.45, 2.75) is 58.5 Å². The van der Waals surface area contributed by atoms with Crippen LogP contribution in [0.5, 0.6) is 0 Å². The van der Waals surface area contributed by atoms with E-state index in [0.29, 0.717) is 0 Å². The quantitative estimate of drug-likeness (QED) is 0.652. The van der Waals surface area contributed by atoms with Gasteiger partial charge in [-0.1, -0.05) is 0 Å². The third-order valence-electron chi connectivity index (χ3n) is 5.13. The van der Waals surface area contributed by atoms with Gasteiger partial charge >= 0.3 is 5.97 Å². The fourth-order valence-corrected chi connectivity index (χ4v) is 4.59. The van der Waals surface area contributed by atoms with E-state index >= 15 is 0 Å². The Morgan fingerprint density at radius 3 is 2.00 bits per heavy atom. The van der Waals surface area contributed by atoms with Crippen molar-refractivity contribution in [3.05, 3.63) is 0 Å². The Balaban J connectivity index is 1.63. The molecule has 96 valence electrons. The van der Waals surface area contributed by atoms with Gasteiger partial charge in [0.05, 0.1) is 5.92 Å². The third-order valence-corrected chi connectivity index (χ3v) is 5.13. The van der Waals surface area contributed by atoms with Crippen LogP contribution in [-0.2, 0) is 9.53 Å². The second-order valence-corrected chi connectivity index (χ2v) is 7.36. The predicted molar refractivity (Wildman–Crippen MR) is 66.4 cm³/mol. The van der Waals surface area contributed by atoms with Gasteiger partial charge in [-0.2, -0.15) is 0 Å². The lowest BCUT2D eigenvalue weighted by Gasteiger charge is -2.23. The first kappa shape index (κ1) is 11.6. The van der Waals surface area contributed by atoms with Gasteiger partial charge in [0.2, 0.25) is 0 Å². The first-order valence-corrected chi connectivity index (χ1v) is 7.17. The maximum Gasteiger partial charge on any atom is 0.309 e. The lowest BCUT2D eigenvalue weighted by molar-refractivity contribution is -0.160. The Bertz CT molecular complexity index is 310. The fourth-order valence-electron chi connectivity index (χ4n) is 4.59. The van der Waals surface area contributed by atoms with Crippen LogP contribution in [0.4, 0.5) is 0 Å². The summed E-state index contributed by atoms with van der Waals surface area (Å²) in [5.74, 6) is 3.85. The molecular formula is C15H24O2. The Hall–Kier alpha value is -0.530. The van der Waals surface area contributed by atoms with E-state index < -0.39 is 0 Å². The molecule has 4 unspecified atom stereocenters. The summed E-state index contributed by atoms with van der Waals surface area (Å²) < 4.78 is 5.54. The molecular weight excluding hydrogens is 212 g/mol. The molecule has 0 amide bonds. The molecule has 0 radical (unpaired) electrons. The minimum absolute atomic E-state index is 0.0614. The third kappa shape index (κ3) is 2.00. The monoisotopic (exact) mass is 236 g/mol. The second kappa shape index (κ2) is 3.73. The highest BCUT2D eigenvalue weighted by Crippen LogP contribution is 2.60. The summed E-state index contributed by atoms with van der Waals surface area (Å²) in [7, 11) is 0. The lowest BCUT2D eigenvalue weighted by Crippen LogP contribution is -2.28. The van der Waals surface area contributed by atoms with Crippen LogP contribution in [-0.4, -0.2) is 11.6 Å². The van der Waals surface area contributed by atoms with Gasteiger partial charge in [-0.15, -0.1) is 0 Å². The van der Waals surface area contributed by atoms with Crippen molar-refractivity contribution in [3.63, 3.8) is 0 Å². The molecule has 0 aliphatic heterocycles. The molecule has 3 aliphatic rings. The second-order valence-electron chi connectivity index (χ2n) is 7.36. The molecule has 0 aromatic heterocycles. The summed E-state index contributed by atoms with van der Waals surface area (Å²) in [5, 5.41) is 0. The number of ether oxygens (including phenoxy) is 1. The molecule has 3 aliphatic carbocycles. The Morgan fingerprint density at radius 2 is 1.53 bits per heavy atom. The molecule has 0 heterocycles. The molecule has 3 rings (SSSR count). The van der Waals surface area contributed by atoms with Crippen molar-refractivity contribution >= 4 is 5.97 Å². The Labute approximate surface area is 104 Å². The van der Waals surface area contributed by atoms with Crippen molar-refractivity contribution in [2.24, 2.45) is 29.6 Å². The molecule has 3 fully saturated rings. The normalized spacial score (nSPS) is 43.8. The van der Waals surface area contributed by atoms with Gasteiger partial charge < -0.3 is 4.74 Å². The molecule has 2 bridgehead atoms. The highest BCUT2D eigenvalue weighted by Gasteiger charge is 2.53. The standard InChI is InChI=1S/C15H24O2/c1-15(2,3)17-14(16)11-7-12-9-4-5-10(6-9)13(12)8-11/h9-13H,4-8H2,1-3H3. The van der Waals surface area contributed by atoms with E-state index in [-0.39, 0.29) is 17.5 Å². The van der Waals surface area contributed by atoms with E-state index in [9.17, 15) is 4.79 Å². The summed E-state index contributed by atoms with van der Waals surface area (Å²) in [4.78, 5) is 12.1. The zero-order chi connectivity index (χ0) is 12.2. The van der Waals surface area contributed by atoms with Gasteiger partial charge in [-0.25, -0.2) is 0 Å². The van der Waals surface area contributed by atoms with E-state index in [1.807, 2.05) is 20.8 Å². The Kier molecular flexibility index (Phi) is 2.53.